The SMILES string of the molecule is CC(N)C(Oc1ccc(Br)cc1F)c1cccs1. The summed E-state index contributed by atoms with van der Waals surface area (Å²) in [5.74, 6) is -0.180. The van der Waals surface area contributed by atoms with E-state index in [9.17, 15) is 4.39 Å². The molecule has 2 unspecified atom stereocenters. The molecule has 0 saturated carbocycles. The molecule has 0 fully saturated rings. The molecule has 2 atom stereocenters. The van der Waals surface area contributed by atoms with Crippen molar-refractivity contribution in [1.82, 2.24) is 0 Å². The van der Waals surface area contributed by atoms with E-state index in [0.29, 0.717) is 4.47 Å². The highest BCUT2D eigenvalue weighted by atomic mass is 79.9. The summed E-state index contributed by atoms with van der Waals surface area (Å²) in [7, 11) is 0. The molecule has 2 nitrogen and oxygen atoms in total. The zero-order chi connectivity index (χ0) is 13.1. The maximum atomic E-state index is 13.7. The molecule has 18 heavy (non-hydrogen) atoms. The summed E-state index contributed by atoms with van der Waals surface area (Å²) in [6.45, 7) is 1.85. The third-order valence-corrected chi connectivity index (χ3v) is 3.88. The molecule has 0 spiro atoms. The van der Waals surface area contributed by atoms with Crippen molar-refractivity contribution in [2.75, 3.05) is 0 Å². The van der Waals surface area contributed by atoms with Gasteiger partial charge in [-0.15, -0.1) is 11.3 Å². The molecule has 2 N–H and O–H groups in total. The number of benzene rings is 1. The van der Waals surface area contributed by atoms with Crippen molar-refractivity contribution in [2.45, 2.75) is 19.1 Å². The molecule has 0 aliphatic rings. The van der Waals surface area contributed by atoms with E-state index in [-0.39, 0.29) is 17.9 Å². The monoisotopic (exact) mass is 329 g/mol. The van der Waals surface area contributed by atoms with E-state index in [4.69, 9.17) is 10.5 Å². The second-order valence-corrected chi connectivity index (χ2v) is 5.88. The number of ether oxygens (including phenoxy) is 1. The Morgan fingerprint density at radius 1 is 1.39 bits per heavy atom. The zero-order valence-corrected chi connectivity index (χ0v) is 12.2. The average molecular weight is 330 g/mol. The Kier molecular flexibility index (Phi) is 4.37. The Bertz CT molecular complexity index is 516. The van der Waals surface area contributed by atoms with E-state index in [1.165, 1.54) is 6.07 Å². The van der Waals surface area contributed by atoms with Gasteiger partial charge in [0.05, 0.1) is 0 Å². The van der Waals surface area contributed by atoms with Crippen LogP contribution in [0.15, 0.2) is 40.2 Å². The van der Waals surface area contributed by atoms with Gasteiger partial charge in [0.15, 0.2) is 11.6 Å². The van der Waals surface area contributed by atoms with Gasteiger partial charge in [0.1, 0.15) is 6.10 Å². The van der Waals surface area contributed by atoms with Crippen molar-refractivity contribution >= 4 is 27.3 Å². The summed E-state index contributed by atoms with van der Waals surface area (Å²) < 4.78 is 20.1. The number of hydrogen-bond donors (Lipinski definition) is 1. The number of hydrogen-bond acceptors (Lipinski definition) is 3. The molecule has 1 aromatic carbocycles. The van der Waals surface area contributed by atoms with Crippen molar-refractivity contribution in [3.8, 4) is 5.75 Å². The summed E-state index contributed by atoms with van der Waals surface area (Å²) in [5.41, 5.74) is 5.91. The van der Waals surface area contributed by atoms with Crippen molar-refractivity contribution in [3.63, 3.8) is 0 Å². The molecule has 2 rings (SSSR count). The van der Waals surface area contributed by atoms with Gasteiger partial charge in [-0.1, -0.05) is 22.0 Å². The molecule has 0 aliphatic carbocycles. The summed E-state index contributed by atoms with van der Waals surface area (Å²) in [6.07, 6.45) is -0.333. The van der Waals surface area contributed by atoms with Crippen LogP contribution in [0.3, 0.4) is 0 Å². The maximum absolute atomic E-state index is 13.7. The minimum Gasteiger partial charge on any atom is -0.480 e. The maximum Gasteiger partial charge on any atom is 0.166 e. The first kappa shape index (κ1) is 13.5. The highest BCUT2D eigenvalue weighted by Gasteiger charge is 2.20. The van der Waals surface area contributed by atoms with E-state index in [2.05, 4.69) is 15.9 Å². The molecule has 0 amide bonds. The lowest BCUT2D eigenvalue weighted by atomic mass is 10.1. The van der Waals surface area contributed by atoms with E-state index in [1.807, 2.05) is 24.4 Å². The van der Waals surface area contributed by atoms with Gasteiger partial charge in [0, 0.05) is 15.4 Å². The molecule has 0 saturated heterocycles. The number of halogens is 2. The molecule has 96 valence electrons. The third-order valence-electron chi connectivity index (χ3n) is 2.45. The van der Waals surface area contributed by atoms with Crippen LogP contribution in [0.4, 0.5) is 4.39 Å². The summed E-state index contributed by atoms with van der Waals surface area (Å²) >= 11 is 4.76. The number of rotatable bonds is 4. The van der Waals surface area contributed by atoms with Crippen LogP contribution in [0.5, 0.6) is 5.75 Å². The minimum absolute atomic E-state index is 0.216. The molecule has 2 aromatic rings. The van der Waals surface area contributed by atoms with Crippen LogP contribution >= 0.6 is 27.3 Å². The molecular weight excluding hydrogens is 317 g/mol. The topological polar surface area (TPSA) is 35.2 Å². The van der Waals surface area contributed by atoms with Gasteiger partial charge < -0.3 is 10.5 Å². The van der Waals surface area contributed by atoms with Gasteiger partial charge in [-0.3, -0.25) is 0 Å². The molecular formula is C13H13BrFNOS. The van der Waals surface area contributed by atoms with Crippen molar-refractivity contribution in [1.29, 1.82) is 0 Å². The Morgan fingerprint density at radius 2 is 2.17 bits per heavy atom. The van der Waals surface area contributed by atoms with E-state index in [1.54, 1.807) is 23.5 Å². The minimum atomic E-state index is -0.397. The highest BCUT2D eigenvalue weighted by molar-refractivity contribution is 9.10. The van der Waals surface area contributed by atoms with Gasteiger partial charge in [0.25, 0.3) is 0 Å². The highest BCUT2D eigenvalue weighted by Crippen LogP contribution is 2.30. The van der Waals surface area contributed by atoms with Crippen LogP contribution in [0, 0.1) is 5.82 Å². The molecule has 0 bridgehead atoms. The fourth-order valence-electron chi connectivity index (χ4n) is 1.59. The summed E-state index contributed by atoms with van der Waals surface area (Å²) in [6, 6.07) is 8.37. The third kappa shape index (κ3) is 3.10. The lowest BCUT2D eigenvalue weighted by Gasteiger charge is -2.21. The average Bonchev–Trinajstić information content (AvgIpc) is 2.80. The van der Waals surface area contributed by atoms with Gasteiger partial charge in [-0.05, 0) is 36.6 Å². The van der Waals surface area contributed by atoms with Crippen LogP contribution in [0.1, 0.15) is 17.9 Å². The van der Waals surface area contributed by atoms with E-state index >= 15 is 0 Å². The molecule has 0 aliphatic heterocycles. The van der Waals surface area contributed by atoms with Gasteiger partial charge in [-0.25, -0.2) is 4.39 Å². The fraction of sp³-hybridized carbons (Fsp3) is 0.231. The molecule has 1 aromatic heterocycles. The van der Waals surface area contributed by atoms with Gasteiger partial charge >= 0.3 is 0 Å². The quantitative estimate of drug-likeness (QED) is 0.915. The summed E-state index contributed by atoms with van der Waals surface area (Å²) in [5, 5.41) is 1.95. The first-order valence-corrected chi connectivity index (χ1v) is 7.16. The second-order valence-electron chi connectivity index (χ2n) is 3.99. The Balaban J connectivity index is 2.24. The zero-order valence-electron chi connectivity index (χ0n) is 9.77. The Labute approximate surface area is 118 Å². The molecule has 5 heteroatoms. The lowest BCUT2D eigenvalue weighted by Crippen LogP contribution is -2.28. The van der Waals surface area contributed by atoms with Crippen LogP contribution in [-0.4, -0.2) is 6.04 Å². The summed E-state index contributed by atoms with van der Waals surface area (Å²) in [4.78, 5) is 0.993. The molecule has 1 heterocycles. The number of nitrogens with two attached hydrogens (primary N) is 1. The van der Waals surface area contributed by atoms with Crippen LogP contribution < -0.4 is 10.5 Å². The van der Waals surface area contributed by atoms with E-state index < -0.39 is 5.82 Å². The second kappa shape index (κ2) is 5.82. The first-order chi connectivity index (χ1) is 8.58. The van der Waals surface area contributed by atoms with Crippen molar-refractivity contribution in [3.05, 3.63) is 50.9 Å². The van der Waals surface area contributed by atoms with Gasteiger partial charge in [-0.2, -0.15) is 0 Å². The predicted octanol–water partition coefficient (Wildman–Crippen LogP) is 4.12. The Hall–Kier alpha value is -0.910. The standard InChI is InChI=1S/C13H13BrFNOS/c1-8(16)13(12-3-2-6-18-12)17-11-5-4-9(14)7-10(11)15/h2-8,13H,16H2,1H3. The fourth-order valence-corrected chi connectivity index (χ4v) is 2.79. The predicted molar refractivity (Wildman–Crippen MR) is 75.4 cm³/mol. The molecule has 0 radical (unpaired) electrons. The largest absolute Gasteiger partial charge is 0.480 e. The number of thiophene rings is 1. The van der Waals surface area contributed by atoms with Crippen LogP contribution in [0.25, 0.3) is 0 Å². The van der Waals surface area contributed by atoms with Crippen molar-refractivity contribution in [2.24, 2.45) is 5.73 Å². The van der Waals surface area contributed by atoms with Gasteiger partial charge in [0.2, 0.25) is 0 Å². The van der Waals surface area contributed by atoms with Crippen LogP contribution in [0.2, 0.25) is 0 Å². The smallest absolute Gasteiger partial charge is 0.166 e. The Morgan fingerprint density at radius 3 is 2.72 bits per heavy atom. The normalized spacial score (nSPS) is 14.2. The van der Waals surface area contributed by atoms with Crippen LogP contribution in [-0.2, 0) is 0 Å². The first-order valence-electron chi connectivity index (χ1n) is 5.48. The van der Waals surface area contributed by atoms with E-state index in [0.717, 1.165) is 4.88 Å². The lowest BCUT2D eigenvalue weighted by molar-refractivity contribution is 0.176. The van der Waals surface area contributed by atoms with Crippen molar-refractivity contribution < 1.29 is 9.13 Å².